The normalized spacial score (nSPS) is 13.3. The molecule has 1 atom stereocenters. The molecule has 0 spiro atoms. The minimum Gasteiger partial charge on any atom is -0.330 e. The lowest BCUT2D eigenvalue weighted by molar-refractivity contribution is -0.119. The number of rotatable bonds is 5. The van der Waals surface area contributed by atoms with Crippen molar-refractivity contribution in [2.24, 2.45) is 11.7 Å². The molecule has 112 valence electrons. The number of aryl methyl sites for hydroxylation is 1. The van der Waals surface area contributed by atoms with Gasteiger partial charge in [0, 0.05) is 32.2 Å². The quantitative estimate of drug-likeness (QED) is 0.840. The third-order valence-electron chi connectivity index (χ3n) is 3.02. The Hall–Kier alpha value is -1.44. The van der Waals surface area contributed by atoms with E-state index in [2.05, 4.69) is 5.32 Å². The van der Waals surface area contributed by atoms with E-state index >= 15 is 0 Å². The Kier molecular flexibility index (Phi) is 5.27. The van der Waals surface area contributed by atoms with Gasteiger partial charge in [0.2, 0.25) is 15.9 Å². The zero-order chi connectivity index (χ0) is 15.5. The van der Waals surface area contributed by atoms with E-state index in [1.54, 1.807) is 26.0 Å². The average molecular weight is 299 g/mol. The van der Waals surface area contributed by atoms with Crippen LogP contribution in [0.2, 0.25) is 0 Å². The lowest BCUT2D eigenvalue weighted by atomic mass is 10.1. The molecule has 1 aromatic rings. The zero-order valence-electron chi connectivity index (χ0n) is 12.2. The number of nitrogens with zero attached hydrogens (tertiary/aromatic N) is 1. The number of sulfonamides is 1. The van der Waals surface area contributed by atoms with E-state index in [-0.39, 0.29) is 23.3 Å². The number of amides is 1. The number of carbonyl (C=O) groups excluding carboxylic acids is 1. The second-order valence-electron chi connectivity index (χ2n) is 4.89. The Labute approximate surface area is 120 Å². The van der Waals surface area contributed by atoms with Gasteiger partial charge in [-0.2, -0.15) is 0 Å². The van der Waals surface area contributed by atoms with Crippen molar-refractivity contribution in [1.29, 1.82) is 0 Å². The summed E-state index contributed by atoms with van der Waals surface area (Å²) in [6.07, 6.45) is 0. The van der Waals surface area contributed by atoms with Gasteiger partial charge in [-0.3, -0.25) is 4.79 Å². The molecular weight excluding hydrogens is 278 g/mol. The molecule has 7 heteroatoms. The van der Waals surface area contributed by atoms with Gasteiger partial charge in [0.15, 0.2) is 0 Å². The van der Waals surface area contributed by atoms with Crippen molar-refractivity contribution in [2.45, 2.75) is 18.7 Å². The number of nitrogens with two attached hydrogens (primary N) is 1. The van der Waals surface area contributed by atoms with Crippen LogP contribution in [-0.4, -0.2) is 39.3 Å². The molecule has 0 fully saturated rings. The van der Waals surface area contributed by atoms with Crippen molar-refractivity contribution in [3.8, 4) is 0 Å². The molecule has 1 amide bonds. The van der Waals surface area contributed by atoms with E-state index in [1.807, 2.05) is 0 Å². The molecule has 0 saturated heterocycles. The van der Waals surface area contributed by atoms with Crippen LogP contribution in [0.25, 0.3) is 0 Å². The van der Waals surface area contributed by atoms with Crippen LogP contribution in [0.5, 0.6) is 0 Å². The van der Waals surface area contributed by atoms with Crippen molar-refractivity contribution in [1.82, 2.24) is 4.31 Å². The van der Waals surface area contributed by atoms with E-state index in [4.69, 9.17) is 5.73 Å². The summed E-state index contributed by atoms with van der Waals surface area (Å²) in [6.45, 7) is 3.66. The molecule has 3 N–H and O–H groups in total. The van der Waals surface area contributed by atoms with E-state index in [9.17, 15) is 13.2 Å². The van der Waals surface area contributed by atoms with Gasteiger partial charge in [0.05, 0.1) is 4.90 Å². The lowest BCUT2D eigenvalue weighted by Crippen LogP contribution is -2.27. The first-order chi connectivity index (χ1) is 9.20. The second kappa shape index (κ2) is 6.34. The molecule has 0 heterocycles. The third kappa shape index (κ3) is 3.56. The summed E-state index contributed by atoms with van der Waals surface area (Å²) in [7, 11) is -0.597. The summed E-state index contributed by atoms with van der Waals surface area (Å²) >= 11 is 0. The van der Waals surface area contributed by atoms with Crippen molar-refractivity contribution in [3.63, 3.8) is 0 Å². The van der Waals surface area contributed by atoms with Gasteiger partial charge in [0.25, 0.3) is 0 Å². The summed E-state index contributed by atoms with van der Waals surface area (Å²) in [4.78, 5) is 12.0. The molecule has 1 unspecified atom stereocenters. The number of anilines is 1. The zero-order valence-corrected chi connectivity index (χ0v) is 13.0. The topological polar surface area (TPSA) is 92.5 Å². The van der Waals surface area contributed by atoms with E-state index in [0.717, 1.165) is 4.31 Å². The molecular formula is C13H21N3O3S. The van der Waals surface area contributed by atoms with E-state index in [0.29, 0.717) is 11.3 Å². The highest BCUT2D eigenvalue weighted by Crippen LogP contribution is 2.22. The van der Waals surface area contributed by atoms with Gasteiger partial charge in [-0.05, 0) is 24.6 Å². The van der Waals surface area contributed by atoms with Crippen molar-refractivity contribution in [2.75, 3.05) is 26.0 Å². The van der Waals surface area contributed by atoms with Gasteiger partial charge in [-0.25, -0.2) is 12.7 Å². The first-order valence-corrected chi connectivity index (χ1v) is 7.68. The third-order valence-corrected chi connectivity index (χ3v) is 4.97. The second-order valence-corrected chi connectivity index (χ2v) is 7.01. The molecule has 0 aliphatic rings. The van der Waals surface area contributed by atoms with Crippen LogP contribution in [-0.2, 0) is 14.8 Å². The van der Waals surface area contributed by atoms with Crippen LogP contribution in [0.15, 0.2) is 23.1 Å². The SMILES string of the molecule is Cc1ccc(NC(=O)C(C)CN)cc1S(=O)(=O)N(C)C. The molecule has 0 bridgehead atoms. The van der Waals surface area contributed by atoms with Gasteiger partial charge in [-0.1, -0.05) is 13.0 Å². The summed E-state index contributed by atoms with van der Waals surface area (Å²) in [6, 6.07) is 4.80. The van der Waals surface area contributed by atoms with Crippen LogP contribution in [0, 0.1) is 12.8 Å². The minimum atomic E-state index is -3.53. The molecule has 1 aromatic carbocycles. The molecule has 0 aliphatic heterocycles. The van der Waals surface area contributed by atoms with Crippen LogP contribution >= 0.6 is 0 Å². The van der Waals surface area contributed by atoms with Crippen molar-refractivity contribution < 1.29 is 13.2 Å². The van der Waals surface area contributed by atoms with Crippen molar-refractivity contribution >= 4 is 21.6 Å². The molecule has 0 aromatic heterocycles. The van der Waals surface area contributed by atoms with Crippen LogP contribution in [0.3, 0.4) is 0 Å². The largest absolute Gasteiger partial charge is 0.330 e. The maximum absolute atomic E-state index is 12.2. The summed E-state index contributed by atoms with van der Waals surface area (Å²) in [5.74, 6) is -0.560. The first-order valence-electron chi connectivity index (χ1n) is 6.24. The number of carbonyl (C=O) groups is 1. The fourth-order valence-corrected chi connectivity index (χ4v) is 2.67. The number of nitrogens with one attached hydrogen (secondary N) is 1. The Balaban J connectivity index is 3.13. The van der Waals surface area contributed by atoms with Gasteiger partial charge < -0.3 is 11.1 Å². The van der Waals surface area contributed by atoms with Gasteiger partial charge >= 0.3 is 0 Å². The molecule has 6 nitrogen and oxygen atoms in total. The van der Waals surface area contributed by atoms with E-state index < -0.39 is 10.0 Å². The highest BCUT2D eigenvalue weighted by molar-refractivity contribution is 7.89. The Morgan fingerprint density at radius 2 is 2.00 bits per heavy atom. The summed E-state index contributed by atoms with van der Waals surface area (Å²) < 4.78 is 25.5. The standard InChI is InChI=1S/C13H21N3O3S/c1-9-5-6-11(15-13(17)10(2)8-14)7-12(9)20(18,19)16(3)4/h5-7,10H,8,14H2,1-4H3,(H,15,17). The molecule has 0 saturated carbocycles. The fraction of sp³-hybridized carbons (Fsp3) is 0.462. The molecule has 1 rings (SSSR count). The van der Waals surface area contributed by atoms with Crippen LogP contribution in [0.1, 0.15) is 12.5 Å². The maximum atomic E-state index is 12.2. The van der Waals surface area contributed by atoms with Crippen LogP contribution in [0.4, 0.5) is 5.69 Å². The fourth-order valence-electron chi connectivity index (χ4n) is 1.52. The minimum absolute atomic E-state index is 0.181. The highest BCUT2D eigenvalue weighted by atomic mass is 32.2. The first kappa shape index (κ1) is 16.6. The smallest absolute Gasteiger partial charge is 0.242 e. The average Bonchev–Trinajstić information content (AvgIpc) is 2.39. The number of hydrogen-bond acceptors (Lipinski definition) is 4. The van der Waals surface area contributed by atoms with Gasteiger partial charge in [0.1, 0.15) is 0 Å². The monoisotopic (exact) mass is 299 g/mol. The van der Waals surface area contributed by atoms with E-state index in [1.165, 1.54) is 20.2 Å². The predicted octanol–water partition coefficient (Wildman–Crippen LogP) is 0.779. The Morgan fingerprint density at radius 1 is 1.40 bits per heavy atom. The van der Waals surface area contributed by atoms with Crippen LogP contribution < -0.4 is 11.1 Å². The predicted molar refractivity (Wildman–Crippen MR) is 78.9 cm³/mol. The highest BCUT2D eigenvalue weighted by Gasteiger charge is 2.20. The number of hydrogen-bond donors (Lipinski definition) is 2. The number of benzene rings is 1. The van der Waals surface area contributed by atoms with Crippen molar-refractivity contribution in [3.05, 3.63) is 23.8 Å². The lowest BCUT2D eigenvalue weighted by Gasteiger charge is -2.16. The summed E-state index contributed by atoms with van der Waals surface area (Å²) in [5.41, 5.74) is 6.50. The maximum Gasteiger partial charge on any atom is 0.242 e. The summed E-state index contributed by atoms with van der Waals surface area (Å²) in [5, 5.41) is 2.67. The molecule has 0 radical (unpaired) electrons. The van der Waals surface area contributed by atoms with Gasteiger partial charge in [-0.15, -0.1) is 0 Å². The Bertz CT molecular complexity index is 597. The Morgan fingerprint density at radius 3 is 2.50 bits per heavy atom. The molecule has 20 heavy (non-hydrogen) atoms. The molecule has 0 aliphatic carbocycles.